The quantitative estimate of drug-likeness (QED) is 0.894. The number of rotatable bonds is 4. The summed E-state index contributed by atoms with van der Waals surface area (Å²) in [5, 5.41) is 3.36. The lowest BCUT2D eigenvalue weighted by Gasteiger charge is -2.27. The second-order valence-electron chi connectivity index (χ2n) is 6.61. The highest BCUT2D eigenvalue weighted by Crippen LogP contribution is 2.35. The Morgan fingerprint density at radius 3 is 2.79 bits per heavy atom. The average molecular weight is 261 g/mol. The molecule has 106 valence electrons. The van der Waals surface area contributed by atoms with Crippen LogP contribution in [0.15, 0.2) is 18.2 Å². The lowest BCUT2D eigenvalue weighted by molar-refractivity contribution is 0.263. The summed E-state index contributed by atoms with van der Waals surface area (Å²) in [5.74, 6) is 2.88. The molecule has 1 aliphatic rings. The van der Waals surface area contributed by atoms with Crippen molar-refractivity contribution in [2.75, 3.05) is 29.9 Å². The molecular formula is C16H27N3. The van der Waals surface area contributed by atoms with Crippen molar-refractivity contribution in [2.45, 2.75) is 40.5 Å². The Kier molecular flexibility index (Phi) is 4.33. The molecule has 1 unspecified atom stereocenters. The SMILES string of the molecule is CCCNc1cccc(N2CCC(C(C)(C)C)C2)n1. The van der Waals surface area contributed by atoms with E-state index in [-0.39, 0.29) is 0 Å². The second kappa shape index (κ2) is 5.81. The molecular weight excluding hydrogens is 234 g/mol. The monoisotopic (exact) mass is 261 g/mol. The molecule has 2 rings (SSSR count). The van der Waals surface area contributed by atoms with Gasteiger partial charge in [-0.25, -0.2) is 4.98 Å². The molecule has 1 aromatic rings. The first kappa shape index (κ1) is 14.2. The van der Waals surface area contributed by atoms with Gasteiger partial charge in [-0.2, -0.15) is 0 Å². The van der Waals surface area contributed by atoms with Crippen LogP contribution in [0, 0.1) is 11.3 Å². The Morgan fingerprint density at radius 1 is 1.37 bits per heavy atom. The molecule has 0 spiro atoms. The molecule has 0 amide bonds. The predicted molar refractivity (Wildman–Crippen MR) is 82.8 cm³/mol. The number of nitrogens with one attached hydrogen (secondary N) is 1. The normalized spacial score (nSPS) is 19.8. The highest BCUT2D eigenvalue weighted by molar-refractivity contribution is 5.47. The smallest absolute Gasteiger partial charge is 0.130 e. The first-order valence-electron chi connectivity index (χ1n) is 7.46. The van der Waals surface area contributed by atoms with Crippen molar-refractivity contribution in [1.29, 1.82) is 0 Å². The van der Waals surface area contributed by atoms with Gasteiger partial charge in [0.1, 0.15) is 11.6 Å². The zero-order chi connectivity index (χ0) is 13.9. The Balaban J connectivity index is 2.03. The highest BCUT2D eigenvalue weighted by Gasteiger charge is 2.32. The molecule has 19 heavy (non-hydrogen) atoms. The Bertz CT molecular complexity index is 409. The number of anilines is 2. The highest BCUT2D eigenvalue weighted by atomic mass is 15.2. The Labute approximate surface area is 117 Å². The Hall–Kier alpha value is -1.25. The van der Waals surface area contributed by atoms with E-state index in [0.717, 1.165) is 43.6 Å². The van der Waals surface area contributed by atoms with Gasteiger partial charge in [0.15, 0.2) is 0 Å². The third-order valence-electron chi connectivity index (χ3n) is 4.03. The van der Waals surface area contributed by atoms with Crippen LogP contribution in [0.5, 0.6) is 0 Å². The largest absolute Gasteiger partial charge is 0.370 e. The molecule has 1 aromatic heterocycles. The lowest BCUT2D eigenvalue weighted by Crippen LogP contribution is -2.26. The lowest BCUT2D eigenvalue weighted by atomic mass is 9.80. The number of hydrogen-bond acceptors (Lipinski definition) is 3. The van der Waals surface area contributed by atoms with Crippen molar-refractivity contribution in [3.63, 3.8) is 0 Å². The second-order valence-corrected chi connectivity index (χ2v) is 6.61. The van der Waals surface area contributed by atoms with Crippen molar-refractivity contribution < 1.29 is 0 Å². The van der Waals surface area contributed by atoms with E-state index >= 15 is 0 Å². The fourth-order valence-electron chi connectivity index (χ4n) is 2.63. The molecule has 1 atom stereocenters. The summed E-state index contributed by atoms with van der Waals surface area (Å²) < 4.78 is 0. The number of aromatic nitrogens is 1. The first-order valence-corrected chi connectivity index (χ1v) is 7.46. The van der Waals surface area contributed by atoms with E-state index in [4.69, 9.17) is 4.98 Å². The topological polar surface area (TPSA) is 28.2 Å². The summed E-state index contributed by atoms with van der Waals surface area (Å²) in [6, 6.07) is 6.28. The van der Waals surface area contributed by atoms with Crippen LogP contribution in [0.25, 0.3) is 0 Å². The minimum absolute atomic E-state index is 0.396. The van der Waals surface area contributed by atoms with E-state index in [0.29, 0.717) is 5.41 Å². The minimum Gasteiger partial charge on any atom is -0.370 e. The van der Waals surface area contributed by atoms with E-state index in [9.17, 15) is 0 Å². The van der Waals surface area contributed by atoms with Crippen LogP contribution in [0.4, 0.5) is 11.6 Å². The van der Waals surface area contributed by atoms with Crippen LogP contribution < -0.4 is 10.2 Å². The van der Waals surface area contributed by atoms with Gasteiger partial charge in [-0.3, -0.25) is 0 Å². The first-order chi connectivity index (χ1) is 9.00. The van der Waals surface area contributed by atoms with Crippen molar-refractivity contribution in [2.24, 2.45) is 11.3 Å². The van der Waals surface area contributed by atoms with E-state index in [1.54, 1.807) is 0 Å². The van der Waals surface area contributed by atoms with Crippen molar-refractivity contribution >= 4 is 11.6 Å². The molecule has 0 radical (unpaired) electrons. The zero-order valence-electron chi connectivity index (χ0n) is 12.7. The van der Waals surface area contributed by atoms with Gasteiger partial charge in [0.2, 0.25) is 0 Å². The number of nitrogens with zero attached hydrogens (tertiary/aromatic N) is 2. The van der Waals surface area contributed by atoms with Gasteiger partial charge in [-0.1, -0.05) is 33.8 Å². The van der Waals surface area contributed by atoms with Crippen LogP contribution >= 0.6 is 0 Å². The molecule has 2 heterocycles. The van der Waals surface area contributed by atoms with Gasteiger partial charge in [0.05, 0.1) is 0 Å². The molecule has 0 aliphatic carbocycles. The maximum absolute atomic E-state index is 4.72. The minimum atomic E-state index is 0.396. The summed E-state index contributed by atoms with van der Waals surface area (Å²) in [6.45, 7) is 12.4. The molecule has 0 bridgehead atoms. The van der Waals surface area contributed by atoms with Gasteiger partial charge >= 0.3 is 0 Å². The van der Waals surface area contributed by atoms with Crippen LogP contribution in [-0.2, 0) is 0 Å². The van der Waals surface area contributed by atoms with Gasteiger partial charge in [-0.15, -0.1) is 0 Å². The summed E-state index contributed by atoms with van der Waals surface area (Å²) in [7, 11) is 0. The molecule has 1 saturated heterocycles. The van der Waals surface area contributed by atoms with Crippen molar-refractivity contribution in [3.8, 4) is 0 Å². The summed E-state index contributed by atoms with van der Waals surface area (Å²) in [4.78, 5) is 7.15. The molecule has 0 saturated carbocycles. The van der Waals surface area contributed by atoms with Crippen LogP contribution in [0.2, 0.25) is 0 Å². The molecule has 1 aliphatic heterocycles. The number of pyridine rings is 1. The number of hydrogen-bond donors (Lipinski definition) is 1. The van der Waals surface area contributed by atoms with Crippen molar-refractivity contribution in [1.82, 2.24) is 4.98 Å². The van der Waals surface area contributed by atoms with Gasteiger partial charge in [0.25, 0.3) is 0 Å². The van der Waals surface area contributed by atoms with Crippen LogP contribution in [-0.4, -0.2) is 24.6 Å². The molecule has 0 aromatic carbocycles. The molecule has 1 fully saturated rings. The van der Waals surface area contributed by atoms with Crippen molar-refractivity contribution in [3.05, 3.63) is 18.2 Å². The fraction of sp³-hybridized carbons (Fsp3) is 0.688. The fourth-order valence-corrected chi connectivity index (χ4v) is 2.63. The third kappa shape index (κ3) is 3.62. The van der Waals surface area contributed by atoms with E-state index in [2.05, 4.69) is 56.1 Å². The van der Waals surface area contributed by atoms with Crippen LogP contribution in [0.3, 0.4) is 0 Å². The summed E-state index contributed by atoms with van der Waals surface area (Å²) in [5.41, 5.74) is 0.396. The average Bonchev–Trinajstić information content (AvgIpc) is 2.86. The maximum atomic E-state index is 4.72. The van der Waals surface area contributed by atoms with Gasteiger partial charge < -0.3 is 10.2 Å². The van der Waals surface area contributed by atoms with Gasteiger partial charge in [-0.05, 0) is 36.3 Å². The molecule has 3 nitrogen and oxygen atoms in total. The zero-order valence-corrected chi connectivity index (χ0v) is 12.7. The van der Waals surface area contributed by atoms with E-state index < -0.39 is 0 Å². The Morgan fingerprint density at radius 2 is 2.16 bits per heavy atom. The third-order valence-corrected chi connectivity index (χ3v) is 4.03. The van der Waals surface area contributed by atoms with Crippen LogP contribution in [0.1, 0.15) is 40.5 Å². The standard InChI is InChI=1S/C16H27N3/c1-5-10-17-14-7-6-8-15(18-14)19-11-9-13(12-19)16(2,3)4/h6-8,13H,5,9-12H2,1-4H3,(H,17,18). The summed E-state index contributed by atoms with van der Waals surface area (Å²) in [6.07, 6.45) is 2.40. The predicted octanol–water partition coefficient (Wildman–Crippen LogP) is 3.78. The maximum Gasteiger partial charge on any atom is 0.130 e. The van der Waals surface area contributed by atoms with Gasteiger partial charge in [0, 0.05) is 19.6 Å². The van der Waals surface area contributed by atoms with E-state index in [1.165, 1.54) is 6.42 Å². The summed E-state index contributed by atoms with van der Waals surface area (Å²) >= 11 is 0. The van der Waals surface area contributed by atoms with E-state index in [1.807, 2.05) is 0 Å². The molecule has 3 heteroatoms. The molecule has 1 N–H and O–H groups in total.